The van der Waals surface area contributed by atoms with Crippen molar-refractivity contribution in [2.24, 2.45) is 5.92 Å². The minimum Gasteiger partial charge on any atom is -0.494 e. The Morgan fingerprint density at radius 1 is 0.977 bits per heavy atom. The molecule has 4 aromatic rings. The Hall–Kier alpha value is -4.31. The maximum Gasteiger partial charge on any atom is 0.453 e. The van der Waals surface area contributed by atoms with Crippen LogP contribution >= 0.6 is 0 Å². The first kappa shape index (κ1) is 31.1. The van der Waals surface area contributed by atoms with Crippen LogP contribution in [0, 0.1) is 19.8 Å². The van der Waals surface area contributed by atoms with Crippen molar-refractivity contribution in [3.63, 3.8) is 0 Å². The zero-order valence-corrected chi connectivity index (χ0v) is 25.0. The van der Waals surface area contributed by atoms with Gasteiger partial charge in [-0.15, -0.1) is 0 Å². The summed E-state index contributed by atoms with van der Waals surface area (Å²) >= 11 is 0. The molecule has 1 aromatic heterocycles. The molecule has 7 nitrogen and oxygen atoms in total. The van der Waals surface area contributed by atoms with Crippen LogP contribution in [-0.4, -0.2) is 30.6 Å². The summed E-state index contributed by atoms with van der Waals surface area (Å²) in [5, 5.41) is -0.113. The second kappa shape index (κ2) is 12.7. The lowest BCUT2D eigenvalue weighted by Crippen LogP contribution is -2.32. The molecule has 2 heterocycles. The second-order valence-electron chi connectivity index (χ2n) is 11.2. The van der Waals surface area contributed by atoms with Crippen molar-refractivity contribution >= 4 is 16.9 Å². The highest BCUT2D eigenvalue weighted by molar-refractivity contribution is 5.92. The number of rotatable bonds is 8. The van der Waals surface area contributed by atoms with Gasteiger partial charge in [-0.25, -0.2) is 4.79 Å². The van der Waals surface area contributed by atoms with Crippen LogP contribution in [0.1, 0.15) is 59.5 Å². The number of nitrogens with zero attached hydrogens (tertiary/aromatic N) is 1. The number of carbonyl (C=O) groups excluding carboxylic acids is 1. The molecule has 1 aliphatic rings. The number of aryl methyl sites for hydroxylation is 2. The highest BCUT2D eigenvalue weighted by atomic mass is 19.4. The summed E-state index contributed by atoms with van der Waals surface area (Å²) in [6.07, 6.45) is -3.25. The van der Waals surface area contributed by atoms with E-state index in [1.165, 1.54) is 18.2 Å². The summed E-state index contributed by atoms with van der Waals surface area (Å²) in [4.78, 5) is 28.9. The maximum absolute atomic E-state index is 14.4. The van der Waals surface area contributed by atoms with Crippen molar-refractivity contribution in [1.29, 1.82) is 0 Å². The first-order valence-electron chi connectivity index (χ1n) is 14.6. The number of halogens is 3. The van der Waals surface area contributed by atoms with Gasteiger partial charge in [0.05, 0.1) is 23.1 Å². The molecule has 0 N–H and O–H groups in total. The molecule has 0 saturated carbocycles. The van der Waals surface area contributed by atoms with E-state index in [-0.39, 0.29) is 40.1 Å². The topological polar surface area (TPSA) is 78.2 Å². The van der Waals surface area contributed by atoms with Crippen LogP contribution in [0.15, 0.2) is 63.8 Å². The zero-order valence-electron chi connectivity index (χ0n) is 25.0. The highest BCUT2D eigenvalue weighted by Crippen LogP contribution is 2.41. The van der Waals surface area contributed by atoms with Crippen LogP contribution in [0.2, 0.25) is 0 Å². The first-order valence-corrected chi connectivity index (χ1v) is 14.6. The van der Waals surface area contributed by atoms with Gasteiger partial charge in [0.25, 0.3) is 5.76 Å². The Morgan fingerprint density at radius 3 is 2.30 bits per heavy atom. The second-order valence-corrected chi connectivity index (χ2v) is 11.2. The average Bonchev–Trinajstić information content (AvgIpc) is 2.98. The van der Waals surface area contributed by atoms with E-state index in [2.05, 4.69) is 11.8 Å². The molecule has 1 saturated heterocycles. The SMILES string of the molecule is CCOc1ccc(C(=O)Oc2ccc3c(=O)c(Oc4ccc(C)c(C)c4)c(C(F)(F)F)oc3c2CN2CCC(C)CC2)cc1. The summed E-state index contributed by atoms with van der Waals surface area (Å²) in [6, 6.07) is 13.8. The molecule has 232 valence electrons. The predicted molar refractivity (Wildman–Crippen MR) is 160 cm³/mol. The summed E-state index contributed by atoms with van der Waals surface area (Å²) in [5.74, 6) is -2.05. The average molecular weight is 610 g/mol. The largest absolute Gasteiger partial charge is 0.494 e. The summed E-state index contributed by atoms with van der Waals surface area (Å²) in [7, 11) is 0. The summed E-state index contributed by atoms with van der Waals surface area (Å²) in [5.41, 5.74) is 0.832. The number of fused-ring (bicyclic) bond motifs is 1. The van der Waals surface area contributed by atoms with Gasteiger partial charge >= 0.3 is 12.1 Å². The van der Waals surface area contributed by atoms with Crippen molar-refractivity contribution in [2.45, 2.75) is 53.3 Å². The van der Waals surface area contributed by atoms with Crippen LogP contribution < -0.4 is 19.6 Å². The van der Waals surface area contributed by atoms with Crippen molar-refractivity contribution < 1.29 is 36.6 Å². The van der Waals surface area contributed by atoms with E-state index in [1.54, 1.807) is 43.3 Å². The number of carbonyl (C=O) groups is 1. The highest BCUT2D eigenvalue weighted by Gasteiger charge is 2.41. The summed E-state index contributed by atoms with van der Waals surface area (Å²) < 4.78 is 65.6. The minimum absolute atomic E-state index is 0.00843. The Morgan fingerprint density at radius 2 is 1.66 bits per heavy atom. The van der Waals surface area contributed by atoms with Crippen LogP contribution in [0.4, 0.5) is 13.2 Å². The van der Waals surface area contributed by atoms with Gasteiger partial charge in [0, 0.05) is 6.54 Å². The number of esters is 1. The van der Waals surface area contributed by atoms with Crippen LogP contribution in [0.5, 0.6) is 23.0 Å². The molecule has 0 aliphatic carbocycles. The Balaban J connectivity index is 1.62. The monoisotopic (exact) mass is 609 g/mol. The van der Waals surface area contributed by atoms with Gasteiger partial charge in [0.1, 0.15) is 22.8 Å². The van der Waals surface area contributed by atoms with Gasteiger partial charge in [-0.05, 0) is 112 Å². The fourth-order valence-electron chi connectivity index (χ4n) is 5.16. The molecule has 0 spiro atoms. The molecule has 3 aromatic carbocycles. The van der Waals surface area contributed by atoms with Crippen LogP contribution in [0.25, 0.3) is 11.0 Å². The molecule has 0 radical (unpaired) electrons. The Labute approximate surface area is 253 Å². The van der Waals surface area contributed by atoms with Crippen LogP contribution in [-0.2, 0) is 12.7 Å². The number of ether oxygens (including phenoxy) is 3. The Bertz CT molecular complexity index is 1720. The van der Waals surface area contributed by atoms with E-state index in [0.29, 0.717) is 31.4 Å². The van der Waals surface area contributed by atoms with Crippen molar-refractivity contribution in [2.75, 3.05) is 19.7 Å². The van der Waals surface area contributed by atoms with E-state index in [1.807, 2.05) is 13.8 Å². The van der Waals surface area contributed by atoms with E-state index in [4.69, 9.17) is 18.6 Å². The fourth-order valence-corrected chi connectivity index (χ4v) is 5.16. The fraction of sp³-hybridized carbons (Fsp3) is 0.353. The smallest absolute Gasteiger partial charge is 0.453 e. The maximum atomic E-state index is 14.4. The molecule has 5 rings (SSSR count). The number of benzene rings is 3. The molecule has 0 bridgehead atoms. The molecule has 1 fully saturated rings. The van der Waals surface area contributed by atoms with Gasteiger partial charge in [-0.1, -0.05) is 13.0 Å². The van der Waals surface area contributed by atoms with Gasteiger partial charge in [-0.3, -0.25) is 9.69 Å². The Kier molecular flexibility index (Phi) is 9.01. The molecule has 1 aliphatic heterocycles. The number of likely N-dealkylation sites (tertiary alicyclic amines) is 1. The third-order valence-electron chi connectivity index (χ3n) is 7.90. The first-order chi connectivity index (χ1) is 20.9. The zero-order chi connectivity index (χ0) is 31.6. The quantitative estimate of drug-likeness (QED) is 0.148. The van der Waals surface area contributed by atoms with Crippen molar-refractivity contribution in [3.05, 3.63) is 92.8 Å². The molecule has 44 heavy (non-hydrogen) atoms. The van der Waals surface area contributed by atoms with Gasteiger partial charge < -0.3 is 18.6 Å². The molecular formula is C34H34F3NO6. The number of hydrogen-bond acceptors (Lipinski definition) is 7. The normalized spacial score (nSPS) is 14.5. The molecule has 0 unspecified atom stereocenters. The van der Waals surface area contributed by atoms with Gasteiger partial charge in [-0.2, -0.15) is 13.2 Å². The summed E-state index contributed by atoms with van der Waals surface area (Å²) in [6.45, 7) is 9.59. The number of hydrogen-bond donors (Lipinski definition) is 0. The van der Waals surface area contributed by atoms with E-state index in [0.717, 1.165) is 24.0 Å². The van der Waals surface area contributed by atoms with Gasteiger partial charge in [0.2, 0.25) is 11.2 Å². The molecular weight excluding hydrogens is 575 g/mol. The third-order valence-corrected chi connectivity index (χ3v) is 7.90. The standard InChI is InChI=1S/C34H34F3NO6/c1-5-41-24-10-7-23(8-11-24)33(40)43-28-13-12-26-29(39)31(42-25-9-6-21(3)22(4)18-25)32(34(35,36)37)44-30(26)27(28)19-38-16-14-20(2)15-17-38/h6-13,18,20H,5,14-17,19H2,1-4H3. The lowest BCUT2D eigenvalue weighted by atomic mass is 9.98. The van der Waals surface area contributed by atoms with E-state index < -0.39 is 29.1 Å². The minimum atomic E-state index is -5.05. The third kappa shape index (κ3) is 6.75. The van der Waals surface area contributed by atoms with Crippen molar-refractivity contribution in [1.82, 2.24) is 4.90 Å². The number of alkyl halides is 3. The van der Waals surface area contributed by atoms with Crippen LogP contribution in [0.3, 0.4) is 0 Å². The van der Waals surface area contributed by atoms with E-state index >= 15 is 0 Å². The van der Waals surface area contributed by atoms with Gasteiger partial charge in [0.15, 0.2) is 0 Å². The van der Waals surface area contributed by atoms with Crippen molar-refractivity contribution in [3.8, 4) is 23.0 Å². The molecule has 0 amide bonds. The van der Waals surface area contributed by atoms with E-state index in [9.17, 15) is 22.8 Å². The number of piperidine rings is 1. The lowest BCUT2D eigenvalue weighted by molar-refractivity contribution is -0.154. The predicted octanol–water partition coefficient (Wildman–Crippen LogP) is 8.07. The molecule has 10 heteroatoms. The molecule has 0 atom stereocenters. The lowest BCUT2D eigenvalue weighted by Gasteiger charge is -2.30.